The third-order valence-corrected chi connectivity index (χ3v) is 4.11. The van der Waals surface area contributed by atoms with Crippen molar-refractivity contribution in [3.05, 3.63) is 58.9 Å². The Hall–Kier alpha value is -1.90. The molecule has 20 heavy (non-hydrogen) atoms. The first-order valence-corrected chi connectivity index (χ1v) is 6.83. The van der Waals surface area contributed by atoms with Gasteiger partial charge < -0.3 is 4.74 Å². The van der Waals surface area contributed by atoms with Crippen LogP contribution >= 0.6 is 0 Å². The Kier molecular flexibility index (Phi) is 3.00. The summed E-state index contributed by atoms with van der Waals surface area (Å²) in [6.45, 7) is 4.47. The van der Waals surface area contributed by atoms with Crippen LogP contribution in [0.4, 0.5) is 4.39 Å². The Morgan fingerprint density at radius 3 is 2.70 bits per heavy atom. The molecule has 2 aliphatic carbocycles. The largest absolute Gasteiger partial charge is 0.497 e. The summed E-state index contributed by atoms with van der Waals surface area (Å²) in [4.78, 5) is 3.77. The highest BCUT2D eigenvalue weighted by Gasteiger charge is 2.36. The van der Waals surface area contributed by atoms with E-state index < -0.39 is 5.95 Å². The van der Waals surface area contributed by atoms with Crippen molar-refractivity contribution in [2.75, 3.05) is 7.11 Å². The highest BCUT2D eigenvalue weighted by molar-refractivity contribution is 5.85. The number of allylic oxidation sites excluding steroid dienone is 5. The lowest BCUT2D eigenvalue weighted by atomic mass is 9.72. The van der Waals surface area contributed by atoms with Crippen LogP contribution in [0.2, 0.25) is 0 Å². The quantitative estimate of drug-likeness (QED) is 0.750. The minimum Gasteiger partial charge on any atom is -0.497 e. The molecule has 0 spiro atoms. The molecule has 0 saturated heterocycles. The number of ether oxygens (including phenoxy) is 1. The number of hydrogen-bond donors (Lipinski definition) is 0. The Bertz CT molecular complexity index is 635. The number of nitrogens with zero attached hydrogens (tertiary/aromatic N) is 1. The van der Waals surface area contributed by atoms with Crippen LogP contribution < -0.4 is 0 Å². The number of pyridine rings is 1. The van der Waals surface area contributed by atoms with Gasteiger partial charge in [-0.1, -0.05) is 19.9 Å². The molecule has 0 fully saturated rings. The summed E-state index contributed by atoms with van der Waals surface area (Å²) >= 11 is 0. The van der Waals surface area contributed by atoms with Gasteiger partial charge in [-0.2, -0.15) is 4.39 Å². The van der Waals surface area contributed by atoms with E-state index in [0.717, 1.165) is 24.2 Å². The van der Waals surface area contributed by atoms with Crippen LogP contribution in [-0.4, -0.2) is 12.1 Å². The van der Waals surface area contributed by atoms with Gasteiger partial charge >= 0.3 is 0 Å². The van der Waals surface area contributed by atoms with E-state index in [9.17, 15) is 4.39 Å². The Balaban J connectivity index is 2.08. The van der Waals surface area contributed by atoms with Crippen LogP contribution in [0.15, 0.2) is 47.4 Å². The van der Waals surface area contributed by atoms with Crippen molar-refractivity contribution in [3.8, 4) is 0 Å². The first-order valence-electron chi connectivity index (χ1n) is 6.83. The fourth-order valence-corrected chi connectivity index (χ4v) is 3.14. The number of hydrogen-bond acceptors (Lipinski definition) is 2. The molecule has 1 aromatic heterocycles. The maximum atomic E-state index is 13.0. The average Bonchev–Trinajstić information content (AvgIpc) is 2.86. The number of aromatic nitrogens is 1. The summed E-state index contributed by atoms with van der Waals surface area (Å²) in [5, 5.41) is 0. The van der Waals surface area contributed by atoms with Crippen LogP contribution in [0.1, 0.15) is 32.3 Å². The van der Waals surface area contributed by atoms with Gasteiger partial charge in [0.15, 0.2) is 0 Å². The van der Waals surface area contributed by atoms with Crippen molar-refractivity contribution >= 4 is 5.57 Å². The first kappa shape index (κ1) is 13.1. The average molecular weight is 271 g/mol. The minimum atomic E-state index is -0.443. The fourth-order valence-electron chi connectivity index (χ4n) is 3.14. The molecule has 104 valence electrons. The third-order valence-electron chi connectivity index (χ3n) is 4.11. The summed E-state index contributed by atoms with van der Waals surface area (Å²) in [6.07, 6.45) is 7.78. The highest BCUT2D eigenvalue weighted by Crippen LogP contribution is 2.50. The lowest BCUT2D eigenvalue weighted by Crippen LogP contribution is -2.20. The summed E-state index contributed by atoms with van der Waals surface area (Å²) in [6, 6.07) is 3.21. The zero-order chi connectivity index (χ0) is 14.3. The molecule has 3 rings (SSSR count). The highest BCUT2D eigenvalue weighted by atomic mass is 19.1. The van der Waals surface area contributed by atoms with Gasteiger partial charge in [-0.15, -0.1) is 0 Å². The third kappa shape index (κ3) is 1.98. The van der Waals surface area contributed by atoms with E-state index in [1.165, 1.54) is 22.8 Å². The number of methoxy groups -OCH3 is 1. The Morgan fingerprint density at radius 2 is 2.05 bits per heavy atom. The predicted octanol–water partition coefficient (Wildman–Crippen LogP) is 4.26. The summed E-state index contributed by atoms with van der Waals surface area (Å²) in [5.74, 6) is 0.530. The topological polar surface area (TPSA) is 22.1 Å². The van der Waals surface area contributed by atoms with Crippen molar-refractivity contribution in [1.82, 2.24) is 4.98 Å². The maximum Gasteiger partial charge on any atom is 0.212 e. The van der Waals surface area contributed by atoms with Gasteiger partial charge in [-0.3, -0.25) is 0 Å². The molecule has 0 aromatic carbocycles. The van der Waals surface area contributed by atoms with Gasteiger partial charge in [-0.25, -0.2) is 4.98 Å². The number of rotatable bonds is 2. The van der Waals surface area contributed by atoms with Crippen LogP contribution in [0, 0.1) is 11.4 Å². The number of halogens is 1. The lowest BCUT2D eigenvalue weighted by molar-refractivity contribution is 0.286. The van der Waals surface area contributed by atoms with Crippen LogP contribution in [0.3, 0.4) is 0 Å². The molecule has 1 aromatic rings. The molecule has 0 aliphatic heterocycles. The fraction of sp³-hybridized carbons (Fsp3) is 0.353. The molecule has 2 aliphatic rings. The van der Waals surface area contributed by atoms with E-state index in [4.69, 9.17) is 4.74 Å². The van der Waals surface area contributed by atoms with Gasteiger partial charge in [0.1, 0.15) is 5.76 Å². The molecule has 3 heteroatoms. The van der Waals surface area contributed by atoms with Gasteiger partial charge in [0.05, 0.1) is 7.11 Å². The van der Waals surface area contributed by atoms with Crippen LogP contribution in [0.25, 0.3) is 5.57 Å². The standard InChI is InChI=1S/C17H18FNO/c1-17(2)9-8-14(20-3)13-6-5-12(16(13)17)11-4-7-15(18)19-10-11/h4-5,7-8,10H,6,9H2,1-3H3. The van der Waals surface area contributed by atoms with Crippen molar-refractivity contribution in [1.29, 1.82) is 0 Å². The van der Waals surface area contributed by atoms with Crippen molar-refractivity contribution < 1.29 is 9.13 Å². The van der Waals surface area contributed by atoms with E-state index in [-0.39, 0.29) is 5.41 Å². The normalized spacial score (nSPS) is 20.4. The Morgan fingerprint density at radius 1 is 1.25 bits per heavy atom. The van der Waals surface area contributed by atoms with Gasteiger partial charge in [0.25, 0.3) is 0 Å². The van der Waals surface area contributed by atoms with Crippen molar-refractivity contribution in [3.63, 3.8) is 0 Å². The maximum absolute atomic E-state index is 13.0. The second-order valence-electron chi connectivity index (χ2n) is 5.91. The first-order chi connectivity index (χ1) is 9.53. The molecular weight excluding hydrogens is 253 g/mol. The summed E-state index contributed by atoms with van der Waals surface area (Å²) in [7, 11) is 1.71. The minimum absolute atomic E-state index is 0.0636. The molecule has 0 amide bonds. The zero-order valence-corrected chi connectivity index (χ0v) is 12.0. The van der Waals surface area contributed by atoms with E-state index in [1.54, 1.807) is 19.4 Å². The van der Waals surface area contributed by atoms with Crippen molar-refractivity contribution in [2.24, 2.45) is 5.41 Å². The van der Waals surface area contributed by atoms with Crippen LogP contribution in [0.5, 0.6) is 0 Å². The molecule has 0 atom stereocenters. The Labute approximate surface area is 118 Å². The van der Waals surface area contributed by atoms with E-state index in [2.05, 4.69) is 31.0 Å². The summed E-state index contributed by atoms with van der Waals surface area (Å²) < 4.78 is 18.5. The zero-order valence-electron chi connectivity index (χ0n) is 12.0. The molecule has 0 radical (unpaired) electrons. The molecule has 0 N–H and O–H groups in total. The predicted molar refractivity (Wildman–Crippen MR) is 77.3 cm³/mol. The van der Waals surface area contributed by atoms with Crippen molar-refractivity contribution in [2.45, 2.75) is 26.7 Å². The second-order valence-corrected chi connectivity index (χ2v) is 5.91. The molecular formula is C17H18FNO. The van der Waals surface area contributed by atoms with E-state index >= 15 is 0 Å². The van der Waals surface area contributed by atoms with Gasteiger partial charge in [0, 0.05) is 17.3 Å². The van der Waals surface area contributed by atoms with E-state index in [0.29, 0.717) is 0 Å². The van der Waals surface area contributed by atoms with E-state index in [1.807, 2.05) is 0 Å². The lowest BCUT2D eigenvalue weighted by Gasteiger charge is -2.33. The molecule has 0 saturated carbocycles. The smallest absolute Gasteiger partial charge is 0.212 e. The van der Waals surface area contributed by atoms with Crippen LogP contribution in [-0.2, 0) is 4.74 Å². The molecule has 1 heterocycles. The summed E-state index contributed by atoms with van der Waals surface area (Å²) in [5.41, 5.74) is 4.77. The monoisotopic (exact) mass is 271 g/mol. The second kappa shape index (κ2) is 4.58. The SMILES string of the molecule is COC1=CCC(C)(C)C2=C1CC=C2c1ccc(F)nc1. The van der Waals surface area contributed by atoms with Gasteiger partial charge in [-0.05, 0) is 47.6 Å². The van der Waals surface area contributed by atoms with Gasteiger partial charge in [0.2, 0.25) is 5.95 Å². The molecule has 0 unspecified atom stereocenters. The molecule has 2 nitrogen and oxygen atoms in total. The molecule has 0 bridgehead atoms.